The normalized spacial score (nSPS) is 11.8. The summed E-state index contributed by atoms with van der Waals surface area (Å²) in [6.45, 7) is 1.72. The zero-order valence-electron chi connectivity index (χ0n) is 8.34. The third-order valence-electron chi connectivity index (χ3n) is 1.92. The van der Waals surface area contributed by atoms with Gasteiger partial charge in [0, 0.05) is 5.56 Å². The first-order valence-electron chi connectivity index (χ1n) is 4.62. The molecule has 0 fully saturated rings. The first-order chi connectivity index (χ1) is 7.17. The Morgan fingerprint density at radius 3 is 2.87 bits per heavy atom. The highest BCUT2D eigenvalue weighted by Gasteiger charge is 2.16. The Bertz CT molecular complexity index is 359. The Morgan fingerprint density at radius 2 is 2.33 bits per heavy atom. The van der Waals surface area contributed by atoms with Gasteiger partial charge in [0.05, 0.1) is 0 Å². The van der Waals surface area contributed by atoms with E-state index >= 15 is 0 Å². The van der Waals surface area contributed by atoms with E-state index in [0.29, 0.717) is 24.0 Å². The van der Waals surface area contributed by atoms with Gasteiger partial charge in [-0.25, -0.2) is 4.79 Å². The van der Waals surface area contributed by atoms with E-state index in [1.165, 1.54) is 6.07 Å². The zero-order valence-corrected chi connectivity index (χ0v) is 8.34. The Kier molecular flexibility index (Phi) is 3.85. The molecule has 0 aliphatic rings. The molecule has 80 valence electrons. The van der Waals surface area contributed by atoms with Gasteiger partial charge in [0.2, 0.25) is 0 Å². The molecule has 1 aromatic rings. The summed E-state index contributed by atoms with van der Waals surface area (Å²) >= 11 is 0. The lowest BCUT2D eigenvalue weighted by Gasteiger charge is -2.12. The third-order valence-corrected chi connectivity index (χ3v) is 1.92. The van der Waals surface area contributed by atoms with Crippen LogP contribution in [0.5, 0.6) is 5.75 Å². The van der Waals surface area contributed by atoms with E-state index in [2.05, 4.69) is 0 Å². The van der Waals surface area contributed by atoms with Crippen molar-refractivity contribution in [2.24, 2.45) is 0 Å². The van der Waals surface area contributed by atoms with Gasteiger partial charge in [0.15, 0.2) is 6.10 Å². The number of hydrogen-bond donors (Lipinski definition) is 1. The number of carboxylic acid groups (broad SMARTS) is 1. The second-order valence-electron chi connectivity index (χ2n) is 3.04. The van der Waals surface area contributed by atoms with Crippen molar-refractivity contribution >= 4 is 12.3 Å². The predicted octanol–water partition coefficient (Wildman–Crippen LogP) is 1.74. The fraction of sp³-hybridized carbons (Fsp3) is 0.273. The van der Waals surface area contributed by atoms with Crippen molar-refractivity contribution in [3.8, 4) is 5.75 Å². The van der Waals surface area contributed by atoms with Crippen molar-refractivity contribution in [3.05, 3.63) is 29.8 Å². The maximum atomic E-state index is 10.7. The van der Waals surface area contributed by atoms with Crippen molar-refractivity contribution in [2.75, 3.05) is 0 Å². The lowest BCUT2D eigenvalue weighted by atomic mass is 10.2. The van der Waals surface area contributed by atoms with Gasteiger partial charge < -0.3 is 9.84 Å². The van der Waals surface area contributed by atoms with Crippen LogP contribution in [-0.4, -0.2) is 23.5 Å². The van der Waals surface area contributed by atoms with Gasteiger partial charge in [0.1, 0.15) is 12.0 Å². The monoisotopic (exact) mass is 208 g/mol. The van der Waals surface area contributed by atoms with Crippen molar-refractivity contribution in [3.63, 3.8) is 0 Å². The summed E-state index contributed by atoms with van der Waals surface area (Å²) < 4.78 is 5.21. The van der Waals surface area contributed by atoms with Gasteiger partial charge in [-0.3, -0.25) is 4.79 Å². The molecular formula is C11H12O4. The number of benzene rings is 1. The van der Waals surface area contributed by atoms with Crippen LogP contribution in [0.25, 0.3) is 0 Å². The second-order valence-corrected chi connectivity index (χ2v) is 3.04. The van der Waals surface area contributed by atoms with Crippen LogP contribution in [0.3, 0.4) is 0 Å². The average Bonchev–Trinajstić information content (AvgIpc) is 2.25. The van der Waals surface area contributed by atoms with Gasteiger partial charge in [0.25, 0.3) is 0 Å². The van der Waals surface area contributed by atoms with E-state index in [1.54, 1.807) is 25.1 Å². The van der Waals surface area contributed by atoms with Crippen LogP contribution in [0, 0.1) is 0 Å². The van der Waals surface area contributed by atoms with Crippen molar-refractivity contribution in [2.45, 2.75) is 19.4 Å². The molecule has 4 heteroatoms. The molecule has 0 saturated heterocycles. The van der Waals surface area contributed by atoms with E-state index in [9.17, 15) is 9.59 Å². The van der Waals surface area contributed by atoms with Crippen LogP contribution >= 0.6 is 0 Å². The average molecular weight is 208 g/mol. The Balaban J connectivity index is 2.78. The Morgan fingerprint density at radius 1 is 1.60 bits per heavy atom. The van der Waals surface area contributed by atoms with E-state index in [4.69, 9.17) is 9.84 Å². The highest BCUT2D eigenvalue weighted by Crippen LogP contribution is 2.15. The smallest absolute Gasteiger partial charge is 0.344 e. The number of rotatable bonds is 5. The van der Waals surface area contributed by atoms with Crippen LogP contribution < -0.4 is 4.74 Å². The van der Waals surface area contributed by atoms with Crippen LogP contribution in [0.1, 0.15) is 23.7 Å². The molecule has 1 N–H and O–H groups in total. The van der Waals surface area contributed by atoms with Crippen LogP contribution in [0.15, 0.2) is 24.3 Å². The van der Waals surface area contributed by atoms with Gasteiger partial charge >= 0.3 is 5.97 Å². The minimum atomic E-state index is -1.01. The summed E-state index contributed by atoms with van der Waals surface area (Å²) in [7, 11) is 0. The summed E-state index contributed by atoms with van der Waals surface area (Å²) in [5, 5.41) is 8.77. The lowest BCUT2D eigenvalue weighted by molar-refractivity contribution is -0.145. The zero-order chi connectivity index (χ0) is 11.3. The van der Waals surface area contributed by atoms with E-state index in [0.717, 1.165) is 0 Å². The molecule has 0 aromatic heterocycles. The number of ether oxygens (including phenoxy) is 1. The molecular weight excluding hydrogens is 196 g/mol. The van der Waals surface area contributed by atoms with Crippen molar-refractivity contribution in [1.82, 2.24) is 0 Å². The first-order valence-corrected chi connectivity index (χ1v) is 4.62. The van der Waals surface area contributed by atoms with Crippen LogP contribution in [-0.2, 0) is 4.79 Å². The number of carbonyl (C=O) groups excluding carboxylic acids is 1. The molecule has 1 aromatic carbocycles. The van der Waals surface area contributed by atoms with Gasteiger partial charge in [-0.05, 0) is 18.6 Å². The van der Waals surface area contributed by atoms with Crippen LogP contribution in [0.4, 0.5) is 0 Å². The molecule has 15 heavy (non-hydrogen) atoms. The summed E-state index contributed by atoms with van der Waals surface area (Å²) in [5.74, 6) is -0.608. The number of hydrogen-bond acceptors (Lipinski definition) is 3. The number of carbonyl (C=O) groups is 2. The van der Waals surface area contributed by atoms with Gasteiger partial charge in [-0.2, -0.15) is 0 Å². The molecule has 1 unspecified atom stereocenters. The predicted molar refractivity (Wildman–Crippen MR) is 54.2 cm³/mol. The highest BCUT2D eigenvalue weighted by molar-refractivity contribution is 5.76. The Hall–Kier alpha value is -1.84. The van der Waals surface area contributed by atoms with Crippen molar-refractivity contribution in [1.29, 1.82) is 0 Å². The quantitative estimate of drug-likeness (QED) is 0.748. The molecule has 0 amide bonds. The molecule has 4 nitrogen and oxygen atoms in total. The standard InChI is InChI=1S/C11H12O4/c1-2-10(11(13)14)15-9-5-3-4-8(6-9)7-12/h3-7,10H,2H2,1H3,(H,13,14). The van der Waals surface area contributed by atoms with Crippen molar-refractivity contribution < 1.29 is 19.4 Å². The lowest BCUT2D eigenvalue weighted by Crippen LogP contribution is -2.25. The molecule has 1 rings (SSSR count). The summed E-state index contributed by atoms with van der Waals surface area (Å²) in [6.07, 6.45) is 0.196. The van der Waals surface area contributed by atoms with Gasteiger partial charge in [-0.15, -0.1) is 0 Å². The number of aliphatic carboxylic acids is 1. The van der Waals surface area contributed by atoms with E-state index in [-0.39, 0.29) is 0 Å². The molecule has 0 heterocycles. The fourth-order valence-corrected chi connectivity index (χ4v) is 1.13. The molecule has 0 radical (unpaired) electrons. The molecule has 0 spiro atoms. The number of carboxylic acids is 1. The molecule has 0 aliphatic heterocycles. The van der Waals surface area contributed by atoms with Gasteiger partial charge in [-0.1, -0.05) is 19.1 Å². The minimum Gasteiger partial charge on any atom is -0.479 e. The first kappa shape index (κ1) is 11.2. The SMILES string of the molecule is CCC(Oc1cccc(C=O)c1)C(=O)O. The summed E-state index contributed by atoms with van der Waals surface area (Å²) in [6, 6.07) is 6.41. The maximum Gasteiger partial charge on any atom is 0.344 e. The maximum absolute atomic E-state index is 10.7. The van der Waals surface area contributed by atoms with E-state index < -0.39 is 12.1 Å². The highest BCUT2D eigenvalue weighted by atomic mass is 16.5. The largest absolute Gasteiger partial charge is 0.479 e. The molecule has 0 aliphatic carbocycles. The second kappa shape index (κ2) is 5.14. The molecule has 1 atom stereocenters. The summed E-state index contributed by atoms with van der Waals surface area (Å²) in [4.78, 5) is 21.2. The molecule has 0 bridgehead atoms. The number of aldehydes is 1. The van der Waals surface area contributed by atoms with Crippen LogP contribution in [0.2, 0.25) is 0 Å². The topological polar surface area (TPSA) is 63.6 Å². The fourth-order valence-electron chi connectivity index (χ4n) is 1.13. The third kappa shape index (κ3) is 3.09. The summed E-state index contributed by atoms with van der Waals surface area (Å²) in [5.41, 5.74) is 0.466. The molecule has 0 saturated carbocycles. The van der Waals surface area contributed by atoms with E-state index in [1.807, 2.05) is 0 Å². The minimum absolute atomic E-state index is 0.376. The Labute approximate surface area is 87.5 Å².